The fourth-order valence-corrected chi connectivity index (χ4v) is 1.57. The molecule has 0 saturated heterocycles. The maximum absolute atomic E-state index is 11.7. The Labute approximate surface area is 130 Å². The molecule has 0 bridgehead atoms. The van der Waals surface area contributed by atoms with Crippen LogP contribution in [0.3, 0.4) is 0 Å². The Balaban J connectivity index is 0.000000220. The number of aryl methyl sites for hydroxylation is 3. The molecule has 0 N–H and O–H groups in total. The lowest BCUT2D eigenvalue weighted by Gasteiger charge is -1.98. The van der Waals surface area contributed by atoms with E-state index in [1.165, 1.54) is 4.80 Å². The van der Waals surface area contributed by atoms with Gasteiger partial charge in [-0.25, -0.2) is 4.39 Å². The second-order valence-electron chi connectivity index (χ2n) is 5.11. The lowest BCUT2D eigenvalue weighted by molar-refractivity contribution is 0.396. The minimum Gasteiger partial charge on any atom is -0.249 e. The van der Waals surface area contributed by atoms with Gasteiger partial charge in [-0.1, -0.05) is 13.8 Å². The summed E-state index contributed by atoms with van der Waals surface area (Å²) in [5.74, 6) is 1.54. The van der Waals surface area contributed by atoms with Crippen molar-refractivity contribution < 1.29 is 4.39 Å². The van der Waals surface area contributed by atoms with Crippen LogP contribution in [0.2, 0.25) is 0 Å². The number of hydrogen-bond acceptors (Lipinski definition) is 6. The van der Waals surface area contributed by atoms with Gasteiger partial charge in [-0.15, -0.1) is 20.4 Å². The standard InChI is InChI=1S/C7H14N4.C6H11FN4/c1-4-5-7-8-10-11(9-7)6(2)3;1-2-3-6-8-10-11(9-6)5-4-7/h6H,4-5H2,1-3H3;2-5H2,1H3. The maximum atomic E-state index is 11.7. The van der Waals surface area contributed by atoms with Crippen LogP contribution in [0.15, 0.2) is 0 Å². The van der Waals surface area contributed by atoms with Crippen molar-refractivity contribution in [1.29, 1.82) is 0 Å². The van der Waals surface area contributed by atoms with Crippen molar-refractivity contribution in [1.82, 2.24) is 40.4 Å². The molecule has 2 rings (SSSR count). The summed E-state index contributed by atoms with van der Waals surface area (Å²) in [4.78, 5) is 2.93. The molecule has 0 aromatic carbocycles. The second-order valence-corrected chi connectivity index (χ2v) is 5.11. The third kappa shape index (κ3) is 6.23. The highest BCUT2D eigenvalue weighted by Crippen LogP contribution is 1.99. The van der Waals surface area contributed by atoms with Crippen molar-refractivity contribution in [2.45, 2.75) is 66.0 Å². The van der Waals surface area contributed by atoms with Crippen molar-refractivity contribution in [3.63, 3.8) is 0 Å². The molecule has 0 fully saturated rings. The van der Waals surface area contributed by atoms with E-state index in [2.05, 4.69) is 37.7 Å². The average Bonchev–Trinajstić information content (AvgIpc) is 3.11. The first kappa shape index (κ1) is 18.1. The number of halogens is 1. The van der Waals surface area contributed by atoms with Gasteiger partial charge in [-0.05, 0) is 37.1 Å². The molecule has 2 heterocycles. The molecule has 8 nitrogen and oxygen atoms in total. The minimum atomic E-state index is -0.443. The highest BCUT2D eigenvalue weighted by molar-refractivity contribution is 4.76. The van der Waals surface area contributed by atoms with Crippen molar-refractivity contribution >= 4 is 0 Å². The topological polar surface area (TPSA) is 87.2 Å². The van der Waals surface area contributed by atoms with E-state index in [4.69, 9.17) is 0 Å². The smallest absolute Gasteiger partial charge is 0.174 e. The van der Waals surface area contributed by atoms with Gasteiger partial charge >= 0.3 is 0 Å². The number of rotatable bonds is 7. The second kappa shape index (κ2) is 9.91. The monoisotopic (exact) mass is 312 g/mol. The van der Waals surface area contributed by atoms with Gasteiger partial charge in [0.1, 0.15) is 6.67 Å². The highest BCUT2D eigenvalue weighted by Gasteiger charge is 2.03. The normalized spacial score (nSPS) is 10.6. The zero-order valence-corrected chi connectivity index (χ0v) is 13.8. The quantitative estimate of drug-likeness (QED) is 0.774. The maximum Gasteiger partial charge on any atom is 0.174 e. The number of alkyl halides is 1. The van der Waals surface area contributed by atoms with Gasteiger partial charge < -0.3 is 0 Å². The van der Waals surface area contributed by atoms with Gasteiger partial charge in [0, 0.05) is 12.8 Å². The molecular weight excluding hydrogens is 287 g/mol. The molecule has 0 spiro atoms. The van der Waals surface area contributed by atoms with Crippen LogP contribution in [0.25, 0.3) is 0 Å². The summed E-state index contributed by atoms with van der Waals surface area (Å²) in [5, 5.41) is 23.4. The Morgan fingerprint density at radius 3 is 2.05 bits per heavy atom. The molecule has 0 saturated carbocycles. The van der Waals surface area contributed by atoms with E-state index >= 15 is 0 Å². The predicted molar refractivity (Wildman–Crippen MR) is 80.0 cm³/mol. The molecule has 0 aliphatic rings. The van der Waals surface area contributed by atoms with Crippen LogP contribution in [0.5, 0.6) is 0 Å². The van der Waals surface area contributed by atoms with Gasteiger partial charge in [0.15, 0.2) is 11.6 Å². The molecule has 0 amide bonds. The Bertz CT molecular complexity index is 501. The molecule has 9 heteroatoms. The first-order valence-corrected chi connectivity index (χ1v) is 7.71. The SMILES string of the molecule is CCCc1nnn(C(C)C)n1.CCCc1nnn(CCF)n1. The molecule has 2 aromatic rings. The van der Waals surface area contributed by atoms with Crippen LogP contribution in [0.1, 0.15) is 58.2 Å². The van der Waals surface area contributed by atoms with Crippen LogP contribution in [-0.2, 0) is 19.4 Å². The van der Waals surface area contributed by atoms with E-state index in [9.17, 15) is 4.39 Å². The van der Waals surface area contributed by atoms with Crippen molar-refractivity contribution in [3.8, 4) is 0 Å². The van der Waals surface area contributed by atoms with Gasteiger partial charge in [-0.2, -0.15) is 9.59 Å². The molecule has 124 valence electrons. The van der Waals surface area contributed by atoms with E-state index < -0.39 is 6.67 Å². The molecule has 0 radical (unpaired) electrons. The third-order valence-corrected chi connectivity index (χ3v) is 2.66. The summed E-state index contributed by atoms with van der Waals surface area (Å²) < 4.78 is 11.7. The minimum absolute atomic E-state index is 0.205. The van der Waals surface area contributed by atoms with Gasteiger partial charge in [0.05, 0.1) is 12.6 Å². The number of hydrogen-bond donors (Lipinski definition) is 0. The summed E-state index contributed by atoms with van der Waals surface area (Å²) in [6, 6.07) is 0.313. The molecule has 22 heavy (non-hydrogen) atoms. The van der Waals surface area contributed by atoms with Gasteiger partial charge in [0.2, 0.25) is 0 Å². The summed E-state index contributed by atoms with van der Waals surface area (Å²) in [6.45, 7) is 7.99. The van der Waals surface area contributed by atoms with E-state index in [0.717, 1.165) is 31.5 Å². The van der Waals surface area contributed by atoms with Crippen molar-refractivity contribution in [3.05, 3.63) is 11.6 Å². The molecule has 0 unspecified atom stereocenters. The lowest BCUT2D eigenvalue weighted by atomic mass is 10.3. The van der Waals surface area contributed by atoms with Crippen LogP contribution in [0.4, 0.5) is 4.39 Å². The zero-order valence-electron chi connectivity index (χ0n) is 13.8. The summed E-state index contributed by atoms with van der Waals surface area (Å²) in [6.07, 6.45) is 3.80. The molecular formula is C13H25FN8. The van der Waals surface area contributed by atoms with E-state index in [-0.39, 0.29) is 6.54 Å². The van der Waals surface area contributed by atoms with Gasteiger partial charge in [-0.3, -0.25) is 0 Å². The Morgan fingerprint density at radius 2 is 1.55 bits per heavy atom. The fraction of sp³-hybridized carbons (Fsp3) is 0.846. The largest absolute Gasteiger partial charge is 0.249 e. The number of aromatic nitrogens is 8. The molecule has 0 aliphatic heterocycles. The Morgan fingerprint density at radius 1 is 0.955 bits per heavy atom. The van der Waals surface area contributed by atoms with E-state index in [1.54, 1.807) is 4.80 Å². The predicted octanol–water partition coefficient (Wildman–Crippen LogP) is 1.80. The third-order valence-electron chi connectivity index (χ3n) is 2.66. The summed E-state index contributed by atoms with van der Waals surface area (Å²) in [5.41, 5.74) is 0. The highest BCUT2D eigenvalue weighted by atomic mass is 19.1. The number of nitrogens with zero attached hydrogens (tertiary/aromatic N) is 8. The average molecular weight is 312 g/mol. The first-order valence-electron chi connectivity index (χ1n) is 7.71. The van der Waals surface area contributed by atoms with Crippen LogP contribution in [0, 0.1) is 0 Å². The summed E-state index contributed by atoms with van der Waals surface area (Å²) >= 11 is 0. The van der Waals surface area contributed by atoms with Gasteiger partial charge in [0.25, 0.3) is 0 Å². The first-order chi connectivity index (χ1) is 10.6. The van der Waals surface area contributed by atoms with E-state index in [1.807, 2.05) is 20.8 Å². The molecule has 0 aliphatic carbocycles. The van der Waals surface area contributed by atoms with Crippen molar-refractivity contribution in [2.24, 2.45) is 0 Å². The molecule has 2 aromatic heterocycles. The lowest BCUT2D eigenvalue weighted by Crippen LogP contribution is -2.05. The Kier molecular flexibility index (Phi) is 8.16. The number of tetrazole rings is 2. The van der Waals surface area contributed by atoms with E-state index in [0.29, 0.717) is 11.9 Å². The van der Waals surface area contributed by atoms with Crippen LogP contribution in [-0.4, -0.2) is 47.1 Å². The molecule has 0 atom stereocenters. The van der Waals surface area contributed by atoms with Crippen molar-refractivity contribution in [2.75, 3.05) is 6.67 Å². The summed E-state index contributed by atoms with van der Waals surface area (Å²) in [7, 11) is 0. The Hall–Kier alpha value is -1.93. The van der Waals surface area contributed by atoms with Crippen LogP contribution >= 0.6 is 0 Å². The fourth-order valence-electron chi connectivity index (χ4n) is 1.57. The van der Waals surface area contributed by atoms with Crippen LogP contribution < -0.4 is 0 Å². The zero-order chi connectivity index (χ0) is 16.4.